The Hall–Kier alpha value is -2.70. The highest BCUT2D eigenvalue weighted by molar-refractivity contribution is 5.99. The van der Waals surface area contributed by atoms with E-state index in [0.29, 0.717) is 23.8 Å². The summed E-state index contributed by atoms with van der Waals surface area (Å²) in [5.41, 5.74) is 7.23. The number of primary amides is 1. The zero-order valence-electron chi connectivity index (χ0n) is 9.34. The summed E-state index contributed by atoms with van der Waals surface area (Å²) in [5, 5.41) is 9.68. The summed E-state index contributed by atoms with van der Waals surface area (Å²) >= 11 is 0. The molecule has 0 aromatic carbocycles. The Labute approximate surface area is 102 Å². The monoisotopic (exact) mass is 242 g/mol. The van der Waals surface area contributed by atoms with Crippen LogP contribution in [-0.2, 0) is 4.79 Å². The van der Waals surface area contributed by atoms with Gasteiger partial charge in [-0.3, -0.25) is 9.89 Å². The molecule has 90 valence electrons. The molecule has 0 spiro atoms. The van der Waals surface area contributed by atoms with Crippen LogP contribution in [0.4, 0.5) is 5.82 Å². The van der Waals surface area contributed by atoms with Crippen molar-refractivity contribution < 1.29 is 4.79 Å². The highest BCUT2D eigenvalue weighted by Gasteiger charge is 2.16. The molecule has 0 unspecified atom stereocenters. The van der Waals surface area contributed by atoms with E-state index in [1.165, 1.54) is 0 Å². The summed E-state index contributed by atoms with van der Waals surface area (Å²) in [7, 11) is 0. The molecule has 0 atom stereocenters. The highest BCUT2D eigenvalue weighted by Crippen LogP contribution is 2.23. The standard InChI is InChI=1S/C11H10N6O/c12-9(18)6-3-7-5-14-11(8-1-2-15-17-8)16-10(7)13-4-6/h1-3,5H,4H2,(H2,12,18)(H,15,17)(H,13,14,16). The quantitative estimate of drug-likeness (QED) is 0.695. The van der Waals surface area contributed by atoms with Crippen molar-refractivity contribution in [3.05, 3.63) is 29.6 Å². The number of anilines is 1. The summed E-state index contributed by atoms with van der Waals surface area (Å²) in [4.78, 5) is 19.6. The third kappa shape index (κ3) is 1.71. The number of hydrogen-bond donors (Lipinski definition) is 3. The largest absolute Gasteiger partial charge is 0.366 e. The van der Waals surface area contributed by atoms with Crippen LogP contribution in [0.2, 0.25) is 0 Å². The van der Waals surface area contributed by atoms with E-state index in [1.807, 2.05) is 0 Å². The van der Waals surface area contributed by atoms with E-state index < -0.39 is 5.91 Å². The van der Waals surface area contributed by atoms with E-state index in [-0.39, 0.29) is 0 Å². The summed E-state index contributed by atoms with van der Waals surface area (Å²) in [5.74, 6) is 0.792. The van der Waals surface area contributed by atoms with Crippen LogP contribution in [0.1, 0.15) is 5.56 Å². The Morgan fingerprint density at radius 3 is 3.06 bits per heavy atom. The molecule has 0 bridgehead atoms. The maximum Gasteiger partial charge on any atom is 0.246 e. The molecule has 2 aromatic heterocycles. The van der Waals surface area contributed by atoms with Gasteiger partial charge < -0.3 is 11.1 Å². The van der Waals surface area contributed by atoms with Crippen LogP contribution in [-0.4, -0.2) is 32.6 Å². The van der Waals surface area contributed by atoms with Gasteiger partial charge in [0.2, 0.25) is 5.91 Å². The van der Waals surface area contributed by atoms with Crippen LogP contribution in [0.25, 0.3) is 17.6 Å². The number of aromatic amines is 1. The third-order valence-corrected chi connectivity index (χ3v) is 2.65. The van der Waals surface area contributed by atoms with E-state index in [4.69, 9.17) is 5.73 Å². The summed E-state index contributed by atoms with van der Waals surface area (Å²) < 4.78 is 0. The molecule has 7 heteroatoms. The van der Waals surface area contributed by atoms with Crippen molar-refractivity contribution >= 4 is 17.8 Å². The Morgan fingerprint density at radius 2 is 2.33 bits per heavy atom. The van der Waals surface area contributed by atoms with Gasteiger partial charge in [0.1, 0.15) is 11.5 Å². The molecule has 18 heavy (non-hydrogen) atoms. The number of nitrogens with one attached hydrogen (secondary N) is 2. The lowest BCUT2D eigenvalue weighted by Crippen LogP contribution is -2.23. The molecule has 1 aliphatic heterocycles. The Bertz CT molecular complexity index is 631. The maximum atomic E-state index is 11.1. The number of rotatable bonds is 2. The molecular formula is C11H10N6O. The molecule has 0 fully saturated rings. The lowest BCUT2D eigenvalue weighted by molar-refractivity contribution is -0.114. The number of aromatic nitrogens is 4. The van der Waals surface area contributed by atoms with Crippen molar-refractivity contribution in [2.45, 2.75) is 0 Å². The van der Waals surface area contributed by atoms with Crippen LogP contribution >= 0.6 is 0 Å². The number of hydrogen-bond acceptors (Lipinski definition) is 5. The Morgan fingerprint density at radius 1 is 1.44 bits per heavy atom. The lowest BCUT2D eigenvalue weighted by atomic mass is 10.1. The molecule has 3 heterocycles. The number of nitrogens with two attached hydrogens (primary N) is 1. The maximum absolute atomic E-state index is 11.1. The van der Waals surface area contributed by atoms with Gasteiger partial charge in [0.15, 0.2) is 5.82 Å². The first-order valence-corrected chi connectivity index (χ1v) is 5.35. The predicted octanol–water partition coefficient (Wildman–Crippen LogP) is 0.161. The van der Waals surface area contributed by atoms with E-state index in [1.54, 1.807) is 24.5 Å². The van der Waals surface area contributed by atoms with Crippen LogP contribution < -0.4 is 11.1 Å². The van der Waals surface area contributed by atoms with Gasteiger partial charge in [-0.1, -0.05) is 0 Å². The molecule has 7 nitrogen and oxygen atoms in total. The van der Waals surface area contributed by atoms with Crippen molar-refractivity contribution in [3.8, 4) is 11.5 Å². The van der Waals surface area contributed by atoms with Gasteiger partial charge in [-0.15, -0.1) is 0 Å². The molecule has 0 aliphatic carbocycles. The third-order valence-electron chi connectivity index (χ3n) is 2.65. The molecule has 0 saturated heterocycles. The normalized spacial score (nSPS) is 13.4. The van der Waals surface area contributed by atoms with Gasteiger partial charge in [0.05, 0.1) is 0 Å². The average Bonchev–Trinajstić information content (AvgIpc) is 2.91. The first-order valence-electron chi connectivity index (χ1n) is 5.35. The Kier molecular flexibility index (Phi) is 2.30. The van der Waals surface area contributed by atoms with Crippen LogP contribution in [0.5, 0.6) is 0 Å². The first-order chi connectivity index (χ1) is 8.74. The second-order valence-electron chi connectivity index (χ2n) is 3.86. The van der Waals surface area contributed by atoms with Gasteiger partial charge in [-0.25, -0.2) is 9.97 Å². The molecule has 2 aromatic rings. The smallest absolute Gasteiger partial charge is 0.246 e. The fourth-order valence-corrected chi connectivity index (χ4v) is 1.72. The van der Waals surface area contributed by atoms with Gasteiger partial charge in [0.25, 0.3) is 0 Å². The minimum absolute atomic E-state index is 0.377. The molecule has 0 radical (unpaired) electrons. The number of H-pyrrole nitrogens is 1. The highest BCUT2D eigenvalue weighted by atomic mass is 16.1. The number of fused-ring (bicyclic) bond motifs is 1. The van der Waals surface area contributed by atoms with Crippen molar-refractivity contribution in [2.24, 2.45) is 5.73 Å². The van der Waals surface area contributed by atoms with Gasteiger partial charge in [-0.2, -0.15) is 5.10 Å². The number of amides is 1. The second-order valence-corrected chi connectivity index (χ2v) is 3.86. The molecule has 4 N–H and O–H groups in total. The van der Waals surface area contributed by atoms with Gasteiger partial charge in [-0.05, 0) is 12.1 Å². The zero-order chi connectivity index (χ0) is 12.5. The van der Waals surface area contributed by atoms with Crippen LogP contribution in [0.3, 0.4) is 0 Å². The molecule has 1 aliphatic rings. The van der Waals surface area contributed by atoms with Gasteiger partial charge >= 0.3 is 0 Å². The topological polar surface area (TPSA) is 110 Å². The molecule has 1 amide bonds. The fraction of sp³-hybridized carbons (Fsp3) is 0.0909. The number of nitrogens with zero attached hydrogens (tertiary/aromatic N) is 3. The minimum Gasteiger partial charge on any atom is -0.366 e. The van der Waals surface area contributed by atoms with Crippen molar-refractivity contribution in [1.82, 2.24) is 20.2 Å². The van der Waals surface area contributed by atoms with E-state index in [9.17, 15) is 4.79 Å². The second kappa shape index (κ2) is 3.95. The first kappa shape index (κ1) is 10.5. The zero-order valence-corrected chi connectivity index (χ0v) is 9.34. The average molecular weight is 242 g/mol. The fourth-order valence-electron chi connectivity index (χ4n) is 1.72. The summed E-state index contributed by atoms with van der Waals surface area (Å²) in [6, 6.07) is 1.79. The SMILES string of the molecule is NC(=O)C1=Cc2cnc(-c3ccn[nH]3)nc2NC1. The predicted molar refractivity (Wildman–Crippen MR) is 65.3 cm³/mol. The van der Waals surface area contributed by atoms with E-state index >= 15 is 0 Å². The van der Waals surface area contributed by atoms with E-state index in [0.717, 1.165) is 11.3 Å². The van der Waals surface area contributed by atoms with Crippen molar-refractivity contribution in [1.29, 1.82) is 0 Å². The van der Waals surface area contributed by atoms with Crippen LogP contribution in [0.15, 0.2) is 24.0 Å². The van der Waals surface area contributed by atoms with Crippen molar-refractivity contribution in [2.75, 3.05) is 11.9 Å². The summed E-state index contributed by atoms with van der Waals surface area (Å²) in [6.07, 6.45) is 4.98. The van der Waals surface area contributed by atoms with Gasteiger partial charge in [0, 0.05) is 30.1 Å². The molecule has 3 rings (SSSR count). The van der Waals surface area contributed by atoms with Crippen LogP contribution in [0, 0.1) is 0 Å². The number of carbonyl (C=O) groups excluding carboxylic acids is 1. The molecule has 0 saturated carbocycles. The minimum atomic E-state index is -0.439. The van der Waals surface area contributed by atoms with Crippen molar-refractivity contribution in [3.63, 3.8) is 0 Å². The number of carbonyl (C=O) groups is 1. The lowest BCUT2D eigenvalue weighted by Gasteiger charge is -2.15. The van der Waals surface area contributed by atoms with E-state index in [2.05, 4.69) is 25.5 Å². The summed E-state index contributed by atoms with van der Waals surface area (Å²) in [6.45, 7) is 0.377. The molecular weight excluding hydrogens is 232 g/mol. The Balaban J connectivity index is 2.02.